The number of carboxylic acids is 1. The lowest BCUT2D eigenvalue weighted by atomic mass is 10.2. The molecule has 6 nitrogen and oxygen atoms in total. The van der Waals surface area contributed by atoms with Crippen molar-refractivity contribution in [3.05, 3.63) is 28.8 Å². The highest BCUT2D eigenvalue weighted by atomic mass is 35.5. The van der Waals surface area contributed by atoms with E-state index >= 15 is 0 Å². The summed E-state index contributed by atoms with van der Waals surface area (Å²) in [5.41, 5.74) is 0.940. The second-order valence-corrected chi connectivity index (χ2v) is 5.28. The SMILES string of the molecule is COCCC(NC(=O)C(C)Oc1cc(C)ccc1Cl)C(=O)O. The van der Waals surface area contributed by atoms with E-state index in [4.69, 9.17) is 26.2 Å². The lowest BCUT2D eigenvalue weighted by Gasteiger charge is -2.19. The van der Waals surface area contributed by atoms with Gasteiger partial charge in [-0.05, 0) is 31.5 Å². The van der Waals surface area contributed by atoms with Crippen molar-refractivity contribution >= 4 is 23.5 Å². The monoisotopic (exact) mass is 329 g/mol. The van der Waals surface area contributed by atoms with E-state index in [0.29, 0.717) is 10.8 Å². The normalized spacial score (nSPS) is 13.3. The number of aliphatic carboxylic acids is 1. The summed E-state index contributed by atoms with van der Waals surface area (Å²) < 4.78 is 10.3. The molecule has 0 saturated carbocycles. The third kappa shape index (κ3) is 5.54. The summed E-state index contributed by atoms with van der Waals surface area (Å²) in [6, 6.07) is 4.19. The topological polar surface area (TPSA) is 84.9 Å². The van der Waals surface area contributed by atoms with E-state index < -0.39 is 24.0 Å². The molecule has 0 fully saturated rings. The van der Waals surface area contributed by atoms with Gasteiger partial charge >= 0.3 is 5.97 Å². The van der Waals surface area contributed by atoms with E-state index in [1.165, 1.54) is 14.0 Å². The molecule has 0 saturated heterocycles. The minimum atomic E-state index is -1.12. The molecule has 122 valence electrons. The molecule has 7 heteroatoms. The molecule has 0 aliphatic heterocycles. The molecule has 1 amide bonds. The van der Waals surface area contributed by atoms with Gasteiger partial charge in [-0.1, -0.05) is 17.7 Å². The van der Waals surface area contributed by atoms with E-state index in [0.717, 1.165) is 5.56 Å². The zero-order chi connectivity index (χ0) is 16.7. The maximum atomic E-state index is 12.0. The van der Waals surface area contributed by atoms with Gasteiger partial charge in [0.15, 0.2) is 6.10 Å². The molecule has 0 spiro atoms. The highest BCUT2D eigenvalue weighted by Crippen LogP contribution is 2.26. The van der Waals surface area contributed by atoms with Gasteiger partial charge in [0.05, 0.1) is 5.02 Å². The summed E-state index contributed by atoms with van der Waals surface area (Å²) in [5.74, 6) is -1.26. The number of hydrogen-bond donors (Lipinski definition) is 2. The van der Waals surface area contributed by atoms with Gasteiger partial charge in [0.25, 0.3) is 5.91 Å². The molecule has 0 aromatic heterocycles. The number of rotatable bonds is 8. The molecule has 1 aromatic carbocycles. The first-order chi connectivity index (χ1) is 10.3. The Balaban J connectivity index is 2.67. The van der Waals surface area contributed by atoms with E-state index in [1.807, 2.05) is 13.0 Å². The summed E-state index contributed by atoms with van der Waals surface area (Å²) >= 11 is 6.00. The quantitative estimate of drug-likeness (QED) is 0.762. The Bertz CT molecular complexity index is 535. The second-order valence-electron chi connectivity index (χ2n) is 4.87. The van der Waals surface area contributed by atoms with E-state index in [2.05, 4.69) is 5.32 Å². The number of ether oxygens (including phenoxy) is 2. The molecule has 22 heavy (non-hydrogen) atoms. The Morgan fingerprint density at radius 3 is 2.68 bits per heavy atom. The van der Waals surface area contributed by atoms with Crippen LogP contribution in [-0.2, 0) is 14.3 Å². The standard InChI is InChI=1S/C15H20ClNO5/c1-9-4-5-11(16)13(8-9)22-10(2)14(18)17-12(15(19)20)6-7-21-3/h4-5,8,10,12H,6-7H2,1-3H3,(H,17,18)(H,19,20). The first-order valence-electron chi connectivity index (χ1n) is 6.80. The lowest BCUT2D eigenvalue weighted by Crippen LogP contribution is -2.46. The van der Waals surface area contributed by atoms with Crippen molar-refractivity contribution in [2.75, 3.05) is 13.7 Å². The third-order valence-electron chi connectivity index (χ3n) is 2.98. The molecule has 0 heterocycles. The van der Waals surface area contributed by atoms with E-state index in [-0.39, 0.29) is 13.0 Å². The Morgan fingerprint density at radius 2 is 2.09 bits per heavy atom. The van der Waals surface area contributed by atoms with Gasteiger partial charge < -0.3 is 19.9 Å². The molecule has 2 unspecified atom stereocenters. The second kappa shape index (κ2) is 8.60. The molecule has 0 bridgehead atoms. The molecule has 0 aliphatic rings. The molecular formula is C15H20ClNO5. The van der Waals surface area contributed by atoms with Crippen LogP contribution in [0.25, 0.3) is 0 Å². The van der Waals surface area contributed by atoms with Crippen molar-refractivity contribution < 1.29 is 24.2 Å². The van der Waals surface area contributed by atoms with Gasteiger partial charge in [-0.2, -0.15) is 0 Å². The molecule has 1 aromatic rings. The van der Waals surface area contributed by atoms with Crippen LogP contribution in [0.5, 0.6) is 5.75 Å². The van der Waals surface area contributed by atoms with Crippen LogP contribution in [0, 0.1) is 6.92 Å². The Labute approximate surface area is 134 Å². The number of benzene rings is 1. The number of carbonyl (C=O) groups is 2. The van der Waals surface area contributed by atoms with Gasteiger partial charge in [-0.25, -0.2) is 4.79 Å². The fourth-order valence-corrected chi connectivity index (χ4v) is 1.89. The van der Waals surface area contributed by atoms with Crippen LogP contribution in [0.3, 0.4) is 0 Å². The van der Waals surface area contributed by atoms with Gasteiger partial charge in [0.2, 0.25) is 0 Å². The van der Waals surface area contributed by atoms with Crippen LogP contribution in [-0.4, -0.2) is 42.8 Å². The number of amides is 1. The van der Waals surface area contributed by atoms with Gasteiger partial charge in [0.1, 0.15) is 11.8 Å². The third-order valence-corrected chi connectivity index (χ3v) is 3.30. The fourth-order valence-electron chi connectivity index (χ4n) is 1.73. The highest BCUT2D eigenvalue weighted by molar-refractivity contribution is 6.32. The van der Waals surface area contributed by atoms with Crippen molar-refractivity contribution in [3.63, 3.8) is 0 Å². The average molecular weight is 330 g/mol. The molecule has 2 N–H and O–H groups in total. The molecular weight excluding hydrogens is 310 g/mol. The van der Waals surface area contributed by atoms with Crippen molar-refractivity contribution in [1.82, 2.24) is 5.32 Å². The first kappa shape index (κ1) is 18.3. The number of methoxy groups -OCH3 is 1. The summed E-state index contributed by atoms with van der Waals surface area (Å²) in [7, 11) is 1.46. The van der Waals surface area contributed by atoms with Gasteiger partial charge in [-0.3, -0.25) is 4.79 Å². The van der Waals surface area contributed by atoms with Crippen molar-refractivity contribution in [1.29, 1.82) is 0 Å². The molecule has 0 aliphatic carbocycles. The summed E-state index contributed by atoms with van der Waals surface area (Å²) in [4.78, 5) is 23.1. The maximum Gasteiger partial charge on any atom is 0.326 e. The zero-order valence-corrected chi connectivity index (χ0v) is 13.5. The van der Waals surface area contributed by atoms with E-state index in [9.17, 15) is 9.59 Å². The van der Waals surface area contributed by atoms with Gasteiger partial charge in [-0.15, -0.1) is 0 Å². The predicted molar refractivity (Wildman–Crippen MR) is 82.3 cm³/mol. The number of carbonyl (C=O) groups excluding carboxylic acids is 1. The molecule has 1 rings (SSSR count). The smallest absolute Gasteiger partial charge is 0.326 e. The fraction of sp³-hybridized carbons (Fsp3) is 0.467. The van der Waals surface area contributed by atoms with Crippen molar-refractivity contribution in [2.45, 2.75) is 32.4 Å². The predicted octanol–water partition coefficient (Wildman–Crippen LogP) is 2.02. The van der Waals surface area contributed by atoms with Crippen LogP contribution in [0.15, 0.2) is 18.2 Å². The van der Waals surface area contributed by atoms with Crippen molar-refractivity contribution in [2.24, 2.45) is 0 Å². The largest absolute Gasteiger partial charge is 0.480 e. The van der Waals surface area contributed by atoms with Crippen LogP contribution in [0.4, 0.5) is 0 Å². The van der Waals surface area contributed by atoms with Crippen LogP contribution < -0.4 is 10.1 Å². The maximum absolute atomic E-state index is 12.0. The zero-order valence-electron chi connectivity index (χ0n) is 12.8. The average Bonchev–Trinajstić information content (AvgIpc) is 2.46. The number of halogens is 1. The number of hydrogen-bond acceptors (Lipinski definition) is 4. The lowest BCUT2D eigenvalue weighted by molar-refractivity contribution is -0.143. The Hall–Kier alpha value is -1.79. The number of nitrogens with one attached hydrogen (secondary N) is 1. The van der Waals surface area contributed by atoms with E-state index in [1.54, 1.807) is 12.1 Å². The first-order valence-corrected chi connectivity index (χ1v) is 7.18. The molecule has 0 radical (unpaired) electrons. The van der Waals surface area contributed by atoms with Crippen LogP contribution in [0.2, 0.25) is 5.02 Å². The molecule has 2 atom stereocenters. The summed E-state index contributed by atoms with van der Waals surface area (Å²) in [6.45, 7) is 3.64. The van der Waals surface area contributed by atoms with Crippen LogP contribution in [0.1, 0.15) is 18.9 Å². The summed E-state index contributed by atoms with van der Waals surface area (Å²) in [5, 5.41) is 11.9. The number of aryl methyl sites for hydroxylation is 1. The highest BCUT2D eigenvalue weighted by Gasteiger charge is 2.24. The minimum absolute atomic E-state index is 0.176. The Kier molecular flexibility index (Phi) is 7.14. The summed E-state index contributed by atoms with van der Waals surface area (Å²) in [6.07, 6.45) is -0.695. The number of carboxylic acid groups (broad SMARTS) is 1. The van der Waals surface area contributed by atoms with Crippen LogP contribution >= 0.6 is 11.6 Å². The van der Waals surface area contributed by atoms with Crippen molar-refractivity contribution in [3.8, 4) is 5.75 Å². The minimum Gasteiger partial charge on any atom is -0.480 e. The Morgan fingerprint density at radius 1 is 1.41 bits per heavy atom. The van der Waals surface area contributed by atoms with Gasteiger partial charge in [0, 0.05) is 20.1 Å².